The Kier molecular flexibility index (Phi) is 30.5. The lowest BCUT2D eigenvalue weighted by Crippen LogP contribution is -2.27. The van der Waals surface area contributed by atoms with Crippen LogP contribution in [0.2, 0.25) is 0 Å². The monoisotopic (exact) mass is 1690 g/mol. The van der Waals surface area contributed by atoms with E-state index in [1.807, 2.05) is 219 Å². The van der Waals surface area contributed by atoms with Crippen molar-refractivity contribution in [3.8, 4) is 5.75 Å². The highest BCUT2D eigenvalue weighted by atomic mass is 32.1. The Hall–Kier alpha value is -12.8. The van der Waals surface area contributed by atoms with E-state index >= 15 is 0 Å². The van der Waals surface area contributed by atoms with Gasteiger partial charge in [-0.25, -0.2) is 28.1 Å². The molecule has 15 heterocycles. The second kappa shape index (κ2) is 43.2. The fourth-order valence-corrected chi connectivity index (χ4v) is 15.9. The molecule has 0 saturated heterocycles. The lowest BCUT2D eigenvalue weighted by Gasteiger charge is -2.22. The van der Waals surface area contributed by atoms with Crippen LogP contribution in [0.15, 0.2) is 265 Å². The Bertz CT molecular complexity index is 5620. The van der Waals surface area contributed by atoms with Crippen LogP contribution >= 0.6 is 79.4 Å². The summed E-state index contributed by atoms with van der Waals surface area (Å²) in [6.07, 6.45) is 45.5. The summed E-state index contributed by atoms with van der Waals surface area (Å²) in [6.45, 7) is 0. The van der Waals surface area contributed by atoms with E-state index in [2.05, 4.69) is 42.7 Å². The average Bonchev–Trinajstić information content (AvgIpc) is 1.71. The minimum atomic E-state index is -0.277. The minimum absolute atomic E-state index is 0.0900. The van der Waals surface area contributed by atoms with Crippen molar-refractivity contribution in [2.24, 2.45) is 11.8 Å². The SMILES string of the molecule is COc1ccc(CC(=O)n2ccc(/C=C/c3ccco3)n2)cc1.O=C(C1CCC1)n1ccc(/C=C/c2cccs2)n1.O=C(CC1CCCC1)n1ccc(/C=C/c2cccs2)n1.O=C(c1ccco1)n1ccc(/C=C/c2cccs2)n1.O=C(c1cccs1)n1ccc(/C=C/c2cccs2)n1.O=C(c1ccsc1)n1ccc(/C=C/c2cccs2)n1. The van der Waals surface area contributed by atoms with Gasteiger partial charge >= 0.3 is 5.91 Å². The van der Waals surface area contributed by atoms with Crippen LogP contribution in [0.1, 0.15) is 166 Å². The van der Waals surface area contributed by atoms with Crippen LogP contribution < -0.4 is 4.74 Å². The maximum Gasteiger partial charge on any atom is 0.313 e. The quantitative estimate of drug-likeness (QED) is 0.0649. The van der Waals surface area contributed by atoms with Crippen LogP contribution in [0.5, 0.6) is 5.75 Å². The van der Waals surface area contributed by atoms with Crippen molar-refractivity contribution in [1.82, 2.24) is 58.7 Å². The van der Waals surface area contributed by atoms with Gasteiger partial charge in [-0.05, 0) is 263 Å². The molecular formula is C90H78N12O9S7. The molecule has 594 valence electrons. The van der Waals surface area contributed by atoms with Gasteiger partial charge in [0.2, 0.25) is 11.8 Å². The number of nitrogens with zero attached hydrogens (tertiary/aromatic N) is 12. The molecule has 0 atom stereocenters. The van der Waals surface area contributed by atoms with E-state index in [1.54, 1.807) is 156 Å². The van der Waals surface area contributed by atoms with Crippen molar-refractivity contribution in [3.05, 3.63) is 343 Å². The van der Waals surface area contributed by atoms with Crippen molar-refractivity contribution in [3.63, 3.8) is 0 Å². The third kappa shape index (κ3) is 25.1. The van der Waals surface area contributed by atoms with E-state index in [-0.39, 0.29) is 53.5 Å². The third-order valence-corrected chi connectivity index (χ3v) is 23.7. The number of rotatable bonds is 21. The predicted molar refractivity (Wildman–Crippen MR) is 476 cm³/mol. The lowest BCUT2D eigenvalue weighted by atomic mass is 9.85. The summed E-state index contributed by atoms with van der Waals surface area (Å²) in [5.41, 5.74) is 6.23. The first-order valence-electron chi connectivity index (χ1n) is 37.5. The number of hydrogen-bond acceptors (Lipinski definition) is 22. The molecule has 21 nitrogen and oxygen atoms in total. The first kappa shape index (κ1) is 83.2. The highest BCUT2D eigenvalue weighted by Gasteiger charge is 2.27. The summed E-state index contributed by atoms with van der Waals surface area (Å²) >= 11 is 11.3. The summed E-state index contributed by atoms with van der Waals surface area (Å²) in [6, 6.07) is 51.1. The largest absolute Gasteiger partial charge is 0.497 e. The Balaban J connectivity index is 0.000000123. The summed E-state index contributed by atoms with van der Waals surface area (Å²) in [4.78, 5) is 78.9. The topological polar surface area (TPSA) is 245 Å². The molecule has 0 bridgehead atoms. The molecule has 0 spiro atoms. The fraction of sp³-hybridized carbons (Fsp3) is 0.133. The molecule has 0 unspecified atom stereocenters. The number of furan rings is 2. The molecule has 28 heteroatoms. The Morgan fingerprint density at radius 3 is 1.23 bits per heavy atom. The maximum atomic E-state index is 12.2. The number of ether oxygens (including phenoxy) is 1. The normalized spacial score (nSPS) is 12.7. The molecule has 118 heavy (non-hydrogen) atoms. The zero-order valence-corrected chi connectivity index (χ0v) is 69.4. The van der Waals surface area contributed by atoms with Gasteiger partial charge in [-0.1, -0.05) is 67.8 Å². The average molecular weight is 1700 g/mol. The van der Waals surface area contributed by atoms with Crippen molar-refractivity contribution in [2.45, 2.75) is 57.8 Å². The number of aromatic nitrogens is 12. The Morgan fingerprint density at radius 2 is 0.814 bits per heavy atom. The molecule has 2 fully saturated rings. The van der Waals surface area contributed by atoms with Gasteiger partial charge in [-0.2, -0.15) is 41.9 Å². The number of methoxy groups -OCH3 is 1. The number of thiophene rings is 7. The highest BCUT2D eigenvalue weighted by molar-refractivity contribution is 7.12. The van der Waals surface area contributed by atoms with Gasteiger partial charge in [0.05, 0.1) is 70.7 Å². The molecular weight excluding hydrogens is 1620 g/mol. The molecule has 16 aromatic rings. The molecule has 0 N–H and O–H groups in total. The van der Waals surface area contributed by atoms with E-state index < -0.39 is 0 Å². The fourth-order valence-electron chi connectivity index (χ4n) is 11.6. The molecule has 0 aliphatic heterocycles. The summed E-state index contributed by atoms with van der Waals surface area (Å²) in [7, 11) is 1.61. The summed E-state index contributed by atoms with van der Waals surface area (Å²) < 4.78 is 23.7. The molecule has 1 aromatic carbocycles. The number of carbonyl (C=O) groups excluding carboxylic acids is 6. The molecule has 0 radical (unpaired) electrons. The van der Waals surface area contributed by atoms with E-state index in [1.165, 1.54) is 109 Å². The van der Waals surface area contributed by atoms with Gasteiger partial charge in [0.1, 0.15) is 11.5 Å². The molecule has 2 aliphatic carbocycles. The first-order valence-corrected chi connectivity index (χ1v) is 43.7. The van der Waals surface area contributed by atoms with Crippen molar-refractivity contribution >= 4 is 188 Å². The minimum Gasteiger partial charge on any atom is -0.497 e. The smallest absolute Gasteiger partial charge is 0.313 e. The van der Waals surface area contributed by atoms with E-state index in [9.17, 15) is 28.8 Å². The second-order valence-electron chi connectivity index (χ2n) is 26.2. The van der Waals surface area contributed by atoms with Crippen LogP contribution in [0.4, 0.5) is 0 Å². The number of carbonyl (C=O) groups is 6. The number of benzene rings is 1. The van der Waals surface area contributed by atoms with Gasteiger partial charge in [0, 0.05) is 79.3 Å². The van der Waals surface area contributed by atoms with Crippen LogP contribution in [0, 0.1) is 11.8 Å². The Labute approximate surface area is 708 Å². The van der Waals surface area contributed by atoms with Gasteiger partial charge in [0.25, 0.3) is 17.7 Å². The van der Waals surface area contributed by atoms with Crippen molar-refractivity contribution < 1.29 is 42.3 Å². The second-order valence-corrected chi connectivity index (χ2v) is 32.8. The molecule has 15 aromatic heterocycles. The Morgan fingerprint density at radius 1 is 0.390 bits per heavy atom. The van der Waals surface area contributed by atoms with Crippen LogP contribution in [0.3, 0.4) is 0 Å². The van der Waals surface area contributed by atoms with E-state index in [0.29, 0.717) is 28.5 Å². The molecule has 2 saturated carbocycles. The van der Waals surface area contributed by atoms with Gasteiger partial charge in [-0.3, -0.25) is 28.8 Å². The number of hydrogen-bond donors (Lipinski definition) is 0. The predicted octanol–water partition coefficient (Wildman–Crippen LogP) is 22.6. The zero-order valence-electron chi connectivity index (χ0n) is 63.7. The van der Waals surface area contributed by atoms with E-state index in [0.717, 1.165) is 63.3 Å². The van der Waals surface area contributed by atoms with E-state index in [4.69, 9.17) is 13.6 Å². The van der Waals surface area contributed by atoms with Gasteiger partial charge < -0.3 is 13.6 Å². The molecule has 0 amide bonds. The summed E-state index contributed by atoms with van der Waals surface area (Å²) in [5.74, 6) is 2.24. The molecule has 2 aliphatic rings. The van der Waals surface area contributed by atoms with Gasteiger partial charge in [-0.15, -0.1) is 68.0 Å². The summed E-state index contributed by atoms with van der Waals surface area (Å²) in [5, 5.41) is 41.3. The van der Waals surface area contributed by atoms with Crippen molar-refractivity contribution in [1.29, 1.82) is 0 Å². The standard InChI is InChI=1S/C18H16N2O3.C16H18N2OS.C14H10N2O2S.2C14H10N2OS2.C14H14N2OS/c1-22-16-7-4-14(5-8-16)13-18(21)20-11-10-15(19-20)6-9-17-3-2-12-23-17;19-16(12-13-4-1-2-5-13)18-10-9-14(17-18)7-8-15-6-3-11-20-15;17-14(13-4-1-9-18-13)16-8-7-11(15-16)5-6-12-3-2-10-19-12;17-14(13-4-2-10-19-13)16-8-7-11(15-16)5-6-12-3-1-9-18-12;17-14(11-6-9-18-10-11)16-7-5-12(15-16)3-4-13-2-1-8-19-13;17-14(11-3-1-4-11)16-9-8-12(15-16)6-7-13-5-2-10-18-13/h2-12H,13H2,1H3;3,6-11,13H,1-2,4-5,12H2;3*1-10H;2,5-11H,1,3-4H2/b9-6+;8-7+;2*6-5+;4-3+;7-6+. The van der Waals surface area contributed by atoms with Crippen LogP contribution in [0.25, 0.3) is 72.9 Å². The third-order valence-electron chi connectivity index (χ3n) is 17.9. The maximum absolute atomic E-state index is 12.2. The van der Waals surface area contributed by atoms with Crippen molar-refractivity contribution in [2.75, 3.05) is 7.11 Å². The van der Waals surface area contributed by atoms with Crippen LogP contribution in [-0.2, 0) is 6.42 Å². The highest BCUT2D eigenvalue weighted by Crippen LogP contribution is 2.30. The molecule has 18 rings (SSSR count). The van der Waals surface area contributed by atoms with Crippen LogP contribution in [-0.4, -0.2) is 101 Å². The zero-order chi connectivity index (χ0) is 81.5. The first-order chi connectivity index (χ1) is 57.9. The lowest BCUT2D eigenvalue weighted by molar-refractivity contribution is 0.0745. The van der Waals surface area contributed by atoms with Gasteiger partial charge in [0.15, 0.2) is 5.76 Å².